The monoisotopic (exact) mass is 1490 g/mol. The van der Waals surface area contributed by atoms with Crippen LogP contribution in [0, 0.1) is 0 Å². The van der Waals surface area contributed by atoms with Crippen LogP contribution >= 0.6 is 0 Å². The van der Waals surface area contributed by atoms with Gasteiger partial charge in [0.1, 0.15) is 0 Å². The molecule has 2 aliphatic rings. The van der Waals surface area contributed by atoms with Crippen LogP contribution in [-0.2, 0) is 37.9 Å². The van der Waals surface area contributed by atoms with E-state index in [1.54, 1.807) is 0 Å². The third-order valence-electron chi connectivity index (χ3n) is 12.1. The van der Waals surface area contributed by atoms with Crippen LogP contribution in [0.4, 0.5) is 196 Å². The Bertz CT molecular complexity index is 3020. The fraction of sp³-hybridized carbons (Fsp3) is 0.435. The second kappa shape index (κ2) is 24.5. The first-order valence-corrected chi connectivity index (χ1v) is 22.3. The van der Waals surface area contributed by atoms with Crippen LogP contribution in [0.5, 0.6) is 0 Å². The maximum Gasteiger partial charge on any atom is 0.460 e. The SMILES string of the molecule is O=C1C=CC=C/C1=C\Nc1ccc(C(F)(F)C(F)(F)C(F)(F)C(F)(F)C(F)(F)C(F)(F)C(F)(F)C(F)(F)C(F)(F)C(F)(F)F)cc1.O=C1C=CC=C/C1=C\Nc1ccc(C(F)(F)C(F)(F)C(F)(F)C(F)(F)C(F)(F)C(F)(F)C(F)(F)C(F)(F)C(F)(F)C(F)(F)F)cc1.[Ni]. The van der Waals surface area contributed by atoms with Crippen molar-refractivity contribution >= 4 is 22.9 Å². The van der Waals surface area contributed by atoms with Crippen LogP contribution in [-0.4, -0.2) is 119 Å². The van der Waals surface area contributed by atoms with Gasteiger partial charge in [0.25, 0.3) is 0 Å². The van der Waals surface area contributed by atoms with E-state index in [-0.39, 0.29) is 76.2 Å². The van der Waals surface area contributed by atoms with Crippen molar-refractivity contribution in [2.45, 2.75) is 119 Å². The second-order valence-electron chi connectivity index (χ2n) is 18.1. The molecule has 0 spiro atoms. The van der Waals surface area contributed by atoms with Crippen molar-refractivity contribution in [2.24, 2.45) is 0 Å². The fourth-order valence-corrected chi connectivity index (χ4v) is 6.55. The Morgan fingerprint density at radius 1 is 0.237 bits per heavy atom. The van der Waals surface area contributed by atoms with Crippen molar-refractivity contribution in [1.82, 2.24) is 0 Å². The largest absolute Gasteiger partial charge is 0.460 e. The third-order valence-corrected chi connectivity index (χ3v) is 12.1. The number of hydrogen-bond donors (Lipinski definition) is 2. The molecule has 0 amide bonds. The molecule has 0 fully saturated rings. The van der Waals surface area contributed by atoms with Crippen molar-refractivity contribution in [1.29, 1.82) is 0 Å². The third kappa shape index (κ3) is 12.3. The topological polar surface area (TPSA) is 58.2 Å². The molecule has 2 aliphatic carbocycles. The van der Waals surface area contributed by atoms with Crippen molar-refractivity contribution < 1.29 is 210 Å². The van der Waals surface area contributed by atoms with Gasteiger partial charge in [-0.2, -0.15) is 184 Å². The summed E-state index contributed by atoms with van der Waals surface area (Å²) in [6.45, 7) is 0. The number of rotatable bonds is 22. The Morgan fingerprint density at radius 2 is 0.409 bits per heavy atom. The number of allylic oxidation sites excluding steroid dienone is 10. The molecule has 0 saturated heterocycles. The average Bonchev–Trinajstić information content (AvgIpc) is 0.694. The summed E-state index contributed by atoms with van der Waals surface area (Å²) >= 11 is 0. The molecule has 93 heavy (non-hydrogen) atoms. The minimum atomic E-state index is -9.22. The van der Waals surface area contributed by atoms with Gasteiger partial charge in [-0.1, -0.05) is 48.6 Å². The van der Waals surface area contributed by atoms with Gasteiger partial charge in [0.05, 0.1) is 0 Å². The van der Waals surface area contributed by atoms with Gasteiger partial charge in [-0.25, -0.2) is 0 Å². The Morgan fingerprint density at radius 3 is 0.591 bits per heavy atom. The molecule has 2 aromatic carbocycles. The van der Waals surface area contributed by atoms with Crippen LogP contribution in [0.3, 0.4) is 0 Å². The molecule has 0 aliphatic heterocycles. The number of halogens is 42. The van der Waals surface area contributed by atoms with E-state index in [2.05, 4.69) is 10.6 Å². The van der Waals surface area contributed by atoms with Crippen molar-refractivity contribution in [3.05, 3.63) is 132 Å². The Kier molecular flexibility index (Phi) is 21.8. The number of alkyl halides is 42. The van der Waals surface area contributed by atoms with Crippen LogP contribution in [0.2, 0.25) is 0 Å². The van der Waals surface area contributed by atoms with Crippen molar-refractivity contribution in [2.75, 3.05) is 10.6 Å². The molecule has 2 aromatic rings. The van der Waals surface area contributed by atoms with Gasteiger partial charge in [-0.3, -0.25) is 9.59 Å². The van der Waals surface area contributed by atoms with E-state index >= 15 is 0 Å². The van der Waals surface area contributed by atoms with Crippen molar-refractivity contribution in [3.63, 3.8) is 0 Å². The quantitative estimate of drug-likeness (QED) is 0.0701. The normalized spacial score (nSPS) is 17.4. The van der Waals surface area contributed by atoms with Gasteiger partial charge in [0.2, 0.25) is 0 Å². The predicted molar refractivity (Wildman–Crippen MR) is 222 cm³/mol. The summed E-state index contributed by atoms with van der Waals surface area (Å²) < 4.78 is 569. The maximum absolute atomic E-state index is 14.4. The number of carbonyl (C=O) groups excluding carboxylic acids is 2. The second-order valence-corrected chi connectivity index (χ2v) is 18.1. The first-order chi connectivity index (χ1) is 40.4. The molecule has 0 unspecified atom stereocenters. The Hall–Kier alpha value is -6.63. The Balaban J connectivity index is 0.000000627. The summed E-state index contributed by atoms with van der Waals surface area (Å²) in [6, 6.07) is -0.0245. The first kappa shape index (κ1) is 82.5. The Labute approximate surface area is 494 Å². The van der Waals surface area contributed by atoms with E-state index in [1.165, 1.54) is 36.5 Å². The molecule has 0 saturated carbocycles. The van der Waals surface area contributed by atoms with E-state index in [0.717, 1.165) is 24.6 Å². The zero-order valence-electron chi connectivity index (χ0n) is 42.4. The van der Waals surface area contributed by atoms with Gasteiger partial charge in [0.15, 0.2) is 11.6 Å². The van der Waals surface area contributed by atoms with Gasteiger partial charge in [-0.15, -0.1) is 0 Å². The number of carbonyl (C=O) groups is 2. The van der Waals surface area contributed by atoms with Gasteiger partial charge in [0, 0.05) is 62.5 Å². The zero-order chi connectivity index (χ0) is 72.8. The average molecular weight is 1490 g/mol. The molecule has 2 N–H and O–H groups in total. The molecule has 0 aromatic heterocycles. The molecule has 530 valence electrons. The smallest absolute Gasteiger partial charge is 0.361 e. The van der Waals surface area contributed by atoms with Crippen LogP contribution in [0.1, 0.15) is 11.1 Å². The summed E-state index contributed by atoms with van der Waals surface area (Å²) in [5.74, 6) is -156. The molecule has 0 atom stereocenters. The molecule has 0 bridgehead atoms. The summed E-state index contributed by atoms with van der Waals surface area (Å²) in [6.07, 6.45) is -4.72. The predicted octanol–water partition coefficient (Wildman–Crippen LogP) is 18.8. The number of anilines is 2. The molecule has 47 heteroatoms. The minimum absolute atomic E-state index is 0. The van der Waals surface area contributed by atoms with E-state index in [1.807, 2.05) is 0 Å². The van der Waals surface area contributed by atoms with E-state index in [4.69, 9.17) is 0 Å². The number of hydrogen-bond acceptors (Lipinski definition) is 4. The summed E-state index contributed by atoms with van der Waals surface area (Å²) in [5.41, 5.74) is -6.14. The van der Waals surface area contributed by atoms with E-state index in [9.17, 15) is 194 Å². The standard InChI is InChI=1S/2C23H10F21NO.Ni/c2*24-14(25,11-5-7-12(8-6-11)45-9-10-3-1-2-4-13(10)46)15(26,27)16(28,29)17(30,31)18(32,33)19(34,35)20(36,37)21(38,39)22(40,41)23(42,43)44;/h2*1-9,45H;/b2*10-9+;. The van der Waals surface area contributed by atoms with Gasteiger partial charge < -0.3 is 10.6 Å². The number of ketones is 2. The van der Waals surface area contributed by atoms with Crippen LogP contribution in [0.15, 0.2) is 121 Å². The molecule has 0 heterocycles. The molecule has 4 nitrogen and oxygen atoms in total. The van der Waals surface area contributed by atoms with Gasteiger partial charge >= 0.3 is 119 Å². The molecule has 4 rings (SSSR count). The van der Waals surface area contributed by atoms with Crippen molar-refractivity contribution in [3.8, 4) is 0 Å². The molecular weight excluding hydrogens is 1470 g/mol. The van der Waals surface area contributed by atoms with E-state index < -0.39 is 153 Å². The summed E-state index contributed by atoms with van der Waals surface area (Å²) in [5, 5.41) is 4.38. The maximum atomic E-state index is 14.4. The first-order valence-electron chi connectivity index (χ1n) is 22.3. The van der Waals surface area contributed by atoms with Gasteiger partial charge in [-0.05, 0) is 48.6 Å². The molecular formula is C46H20F42N2NiO2. The summed E-state index contributed by atoms with van der Waals surface area (Å²) in [4.78, 5) is 23.2. The fourth-order valence-electron chi connectivity index (χ4n) is 6.55. The van der Waals surface area contributed by atoms with Crippen LogP contribution in [0.25, 0.3) is 0 Å². The molecule has 0 radical (unpaired) electrons. The van der Waals surface area contributed by atoms with E-state index in [0.29, 0.717) is 0 Å². The number of benzene rings is 2. The number of nitrogens with one attached hydrogen (secondary N) is 2. The zero-order valence-corrected chi connectivity index (χ0v) is 43.4. The minimum Gasteiger partial charge on any atom is -0.361 e. The summed E-state index contributed by atoms with van der Waals surface area (Å²) in [7, 11) is 0. The van der Waals surface area contributed by atoms with Crippen LogP contribution < -0.4 is 10.6 Å².